The molecule has 0 aliphatic heterocycles. The minimum absolute atomic E-state index is 0.00892. The maximum atomic E-state index is 13.8. The van der Waals surface area contributed by atoms with Crippen LogP contribution in [0.3, 0.4) is 0 Å². The molecule has 0 aromatic heterocycles. The molecule has 0 saturated carbocycles. The molecular weight excluding hydrogens is 542 g/mol. The van der Waals surface area contributed by atoms with E-state index in [1.807, 2.05) is 54.6 Å². The highest BCUT2D eigenvalue weighted by atomic mass is 32.2. The van der Waals surface area contributed by atoms with Crippen molar-refractivity contribution in [3.8, 4) is 34.5 Å². The summed E-state index contributed by atoms with van der Waals surface area (Å²) < 4.78 is 43.8. The number of carboxylic acid groups (broad SMARTS) is 1. The van der Waals surface area contributed by atoms with E-state index < -0.39 is 26.8 Å². The van der Waals surface area contributed by atoms with Crippen LogP contribution in [0.2, 0.25) is 0 Å². The number of rotatable bonds is 11. The Morgan fingerprint density at radius 1 is 0.829 bits per heavy atom. The van der Waals surface area contributed by atoms with Gasteiger partial charge in [-0.2, -0.15) is 0 Å². The Kier molecular flexibility index (Phi) is 9.55. The summed E-state index contributed by atoms with van der Waals surface area (Å²) in [5.41, 5.74) is 5.54. The number of sulfone groups is 1. The third-order valence-electron chi connectivity index (χ3n) is 6.13. The van der Waals surface area contributed by atoms with E-state index in [1.165, 1.54) is 19.2 Å². The molecule has 0 aliphatic carbocycles. The first kappa shape index (κ1) is 29.5. The predicted octanol–water partition coefficient (Wildman–Crippen LogP) is 4.74. The predicted molar refractivity (Wildman–Crippen MR) is 155 cm³/mol. The lowest BCUT2D eigenvalue weighted by Gasteiger charge is -2.30. The maximum Gasteiger partial charge on any atom is 0.353 e. The number of para-hydroxylation sites is 1. The van der Waals surface area contributed by atoms with Crippen molar-refractivity contribution in [1.82, 2.24) is 0 Å². The van der Waals surface area contributed by atoms with Gasteiger partial charge in [-0.1, -0.05) is 72.5 Å². The molecule has 0 amide bonds. The second-order valence-corrected chi connectivity index (χ2v) is 11.0. The molecule has 0 unspecified atom stereocenters. The molecule has 0 fully saturated rings. The molecule has 41 heavy (non-hydrogen) atoms. The van der Waals surface area contributed by atoms with E-state index in [-0.39, 0.29) is 18.1 Å². The molecule has 3 N–H and O–H groups in total. The van der Waals surface area contributed by atoms with Crippen LogP contribution in [-0.2, 0) is 24.1 Å². The summed E-state index contributed by atoms with van der Waals surface area (Å²) in [4.78, 5) is 12.1. The van der Waals surface area contributed by atoms with Crippen molar-refractivity contribution < 1.29 is 32.5 Å². The highest BCUT2D eigenvalue weighted by Gasteiger charge is 2.51. The first-order chi connectivity index (χ1) is 19.7. The maximum absolute atomic E-state index is 13.8. The van der Waals surface area contributed by atoms with Gasteiger partial charge in [0.05, 0.1) is 18.1 Å². The molecule has 0 saturated heterocycles. The standard InChI is InChI=1S/C32H29NO7S/c1-38-22-23-39-32(33,31(34)35)30(21-12-24-8-4-2-5-9-24)41(36,37)29-19-15-26(16-20-29)25-13-17-28(18-14-25)40-27-10-6-3-7-11-27/h2-11,13-20,30H,22-23,33H2,1H3,(H,34,35)/t30-,32-/m0/s1. The van der Waals surface area contributed by atoms with E-state index in [0.29, 0.717) is 17.1 Å². The number of ether oxygens (including phenoxy) is 3. The summed E-state index contributed by atoms with van der Waals surface area (Å²) in [6.45, 7) is -0.240. The summed E-state index contributed by atoms with van der Waals surface area (Å²) in [6, 6.07) is 31.4. The minimum Gasteiger partial charge on any atom is -0.478 e. The SMILES string of the molecule is COCCO[C@](N)(C(=O)O)[C@H](C#Cc1ccccc1)S(=O)(=O)c1ccc(-c2ccc(Oc3ccccc3)cc2)cc1. The fourth-order valence-electron chi connectivity index (χ4n) is 3.94. The molecule has 210 valence electrons. The third-order valence-corrected chi connectivity index (χ3v) is 8.15. The van der Waals surface area contributed by atoms with Crippen LogP contribution in [0, 0.1) is 11.8 Å². The van der Waals surface area contributed by atoms with Gasteiger partial charge in [0.15, 0.2) is 15.1 Å². The van der Waals surface area contributed by atoms with Crippen molar-refractivity contribution >= 4 is 15.8 Å². The van der Waals surface area contributed by atoms with Crippen LogP contribution < -0.4 is 10.5 Å². The van der Waals surface area contributed by atoms with Gasteiger partial charge < -0.3 is 19.3 Å². The Balaban J connectivity index is 1.64. The molecule has 4 rings (SSSR count). The number of methoxy groups -OCH3 is 1. The quantitative estimate of drug-likeness (QED) is 0.150. The van der Waals surface area contributed by atoms with Gasteiger partial charge in [-0.05, 0) is 59.7 Å². The molecule has 0 bridgehead atoms. The van der Waals surface area contributed by atoms with E-state index in [1.54, 1.807) is 42.5 Å². The summed E-state index contributed by atoms with van der Waals surface area (Å²) in [7, 11) is -3.02. The lowest BCUT2D eigenvalue weighted by atomic mass is 10.1. The number of carbonyl (C=O) groups is 1. The zero-order valence-electron chi connectivity index (χ0n) is 22.3. The molecule has 0 heterocycles. The average Bonchev–Trinajstić information content (AvgIpc) is 2.99. The third kappa shape index (κ3) is 7.20. The smallest absolute Gasteiger partial charge is 0.353 e. The zero-order chi connectivity index (χ0) is 29.3. The fourth-order valence-corrected chi connectivity index (χ4v) is 5.57. The first-order valence-corrected chi connectivity index (χ1v) is 14.2. The number of aliphatic carboxylic acids is 1. The normalized spacial score (nSPS) is 13.3. The molecule has 4 aromatic rings. The highest BCUT2D eigenvalue weighted by Crippen LogP contribution is 2.29. The van der Waals surface area contributed by atoms with Crippen LogP contribution >= 0.6 is 0 Å². The summed E-state index contributed by atoms with van der Waals surface area (Å²) in [5.74, 6) is 5.01. The van der Waals surface area contributed by atoms with Crippen molar-refractivity contribution in [3.05, 3.63) is 115 Å². The lowest BCUT2D eigenvalue weighted by molar-refractivity contribution is -0.165. The molecule has 0 radical (unpaired) electrons. The molecule has 0 spiro atoms. The van der Waals surface area contributed by atoms with Gasteiger partial charge in [0.25, 0.3) is 0 Å². The highest BCUT2D eigenvalue weighted by molar-refractivity contribution is 7.92. The van der Waals surface area contributed by atoms with Crippen molar-refractivity contribution in [2.75, 3.05) is 20.3 Å². The number of carboxylic acids is 1. The lowest BCUT2D eigenvalue weighted by Crippen LogP contribution is -2.61. The Labute approximate surface area is 239 Å². The summed E-state index contributed by atoms with van der Waals surface area (Å²) in [5, 5.41) is 8.06. The Morgan fingerprint density at radius 3 is 1.93 bits per heavy atom. The molecule has 8 nitrogen and oxygen atoms in total. The molecule has 9 heteroatoms. The van der Waals surface area contributed by atoms with Gasteiger partial charge in [-0.3, -0.25) is 5.73 Å². The van der Waals surface area contributed by atoms with E-state index in [9.17, 15) is 18.3 Å². The van der Waals surface area contributed by atoms with Crippen molar-refractivity contribution in [2.45, 2.75) is 15.9 Å². The Bertz CT molecular complexity index is 1610. The Hall–Kier alpha value is -4.46. The summed E-state index contributed by atoms with van der Waals surface area (Å²) >= 11 is 0. The van der Waals surface area contributed by atoms with Gasteiger partial charge in [0.2, 0.25) is 5.72 Å². The van der Waals surface area contributed by atoms with Crippen LogP contribution in [0.4, 0.5) is 0 Å². The second-order valence-electron chi connectivity index (χ2n) is 8.96. The molecule has 4 aromatic carbocycles. The second kappa shape index (κ2) is 13.3. The van der Waals surface area contributed by atoms with Crippen LogP contribution in [0.5, 0.6) is 11.5 Å². The molecule has 0 aliphatic rings. The number of nitrogens with two attached hydrogens (primary N) is 1. The van der Waals surface area contributed by atoms with Gasteiger partial charge in [0, 0.05) is 12.7 Å². The molecule has 2 atom stereocenters. The van der Waals surface area contributed by atoms with E-state index >= 15 is 0 Å². The number of hydrogen-bond acceptors (Lipinski definition) is 7. The topological polar surface area (TPSA) is 125 Å². The van der Waals surface area contributed by atoms with Crippen molar-refractivity contribution in [1.29, 1.82) is 0 Å². The summed E-state index contributed by atoms with van der Waals surface area (Å²) in [6.07, 6.45) is 0. The fraction of sp³-hybridized carbons (Fsp3) is 0.156. The molecular formula is C32H29NO7S. The zero-order valence-corrected chi connectivity index (χ0v) is 23.1. The monoisotopic (exact) mass is 571 g/mol. The van der Waals surface area contributed by atoms with Crippen LogP contribution in [-0.4, -0.2) is 50.8 Å². The van der Waals surface area contributed by atoms with Crippen LogP contribution in [0.15, 0.2) is 114 Å². The number of benzene rings is 4. The van der Waals surface area contributed by atoms with E-state index in [4.69, 9.17) is 19.9 Å². The van der Waals surface area contributed by atoms with Crippen LogP contribution in [0.1, 0.15) is 5.56 Å². The van der Waals surface area contributed by atoms with Gasteiger partial charge in [0.1, 0.15) is 11.5 Å². The van der Waals surface area contributed by atoms with E-state index in [2.05, 4.69) is 11.8 Å². The number of hydrogen-bond donors (Lipinski definition) is 2. The van der Waals surface area contributed by atoms with E-state index in [0.717, 1.165) is 11.1 Å². The van der Waals surface area contributed by atoms with Gasteiger partial charge in [-0.25, -0.2) is 13.2 Å². The van der Waals surface area contributed by atoms with Crippen LogP contribution in [0.25, 0.3) is 11.1 Å². The Morgan fingerprint density at radius 2 is 1.37 bits per heavy atom. The average molecular weight is 572 g/mol. The van der Waals surface area contributed by atoms with Crippen molar-refractivity contribution in [2.24, 2.45) is 5.73 Å². The first-order valence-electron chi connectivity index (χ1n) is 12.6. The minimum atomic E-state index is -4.42. The van der Waals surface area contributed by atoms with Crippen molar-refractivity contribution in [3.63, 3.8) is 0 Å². The van der Waals surface area contributed by atoms with Gasteiger partial charge in [-0.15, -0.1) is 0 Å². The largest absolute Gasteiger partial charge is 0.478 e. The van der Waals surface area contributed by atoms with Gasteiger partial charge >= 0.3 is 5.97 Å².